The molecule has 1 heterocycles. The first-order valence-electron chi connectivity index (χ1n) is 4.79. The molecule has 0 aliphatic rings. The molecule has 84 valence electrons. The molecule has 5 heteroatoms. The third-order valence-electron chi connectivity index (χ3n) is 2.32. The fraction of sp³-hybridized carbons (Fsp3) is 0.182. The molecule has 2 N–H and O–H groups in total. The summed E-state index contributed by atoms with van der Waals surface area (Å²) in [4.78, 5) is 0. The van der Waals surface area contributed by atoms with Crippen LogP contribution in [-0.2, 0) is 6.54 Å². The summed E-state index contributed by atoms with van der Waals surface area (Å²) >= 11 is 0. The van der Waals surface area contributed by atoms with Crippen LogP contribution in [-0.4, -0.2) is 9.78 Å². The van der Waals surface area contributed by atoms with Crippen LogP contribution in [0.25, 0.3) is 0 Å². The second kappa shape index (κ2) is 3.92. The van der Waals surface area contributed by atoms with E-state index >= 15 is 0 Å². The Hall–Kier alpha value is -1.91. The minimum atomic E-state index is -0.465. The summed E-state index contributed by atoms with van der Waals surface area (Å²) in [7, 11) is 0. The molecule has 1 aromatic heterocycles. The molecule has 0 spiro atoms. The van der Waals surface area contributed by atoms with Gasteiger partial charge in [-0.25, -0.2) is 8.78 Å². The lowest BCUT2D eigenvalue weighted by Crippen LogP contribution is -2.03. The molecule has 0 radical (unpaired) electrons. The second-order valence-electron chi connectivity index (χ2n) is 3.63. The van der Waals surface area contributed by atoms with E-state index in [1.807, 2.05) is 0 Å². The lowest BCUT2D eigenvalue weighted by atomic mass is 10.2. The lowest BCUT2D eigenvalue weighted by Gasteiger charge is -2.03. The minimum Gasteiger partial charge on any atom is -0.382 e. The van der Waals surface area contributed by atoms with Crippen molar-refractivity contribution < 1.29 is 8.78 Å². The van der Waals surface area contributed by atoms with E-state index in [-0.39, 0.29) is 12.1 Å². The van der Waals surface area contributed by atoms with Crippen LogP contribution in [0.3, 0.4) is 0 Å². The van der Waals surface area contributed by atoms with E-state index in [1.54, 1.807) is 13.1 Å². The van der Waals surface area contributed by atoms with E-state index in [0.29, 0.717) is 5.82 Å². The van der Waals surface area contributed by atoms with Crippen LogP contribution in [0.5, 0.6) is 0 Å². The molecule has 0 atom stereocenters. The topological polar surface area (TPSA) is 43.8 Å². The van der Waals surface area contributed by atoms with E-state index in [0.717, 1.165) is 23.8 Å². The van der Waals surface area contributed by atoms with E-state index in [4.69, 9.17) is 5.73 Å². The zero-order valence-electron chi connectivity index (χ0n) is 8.74. The Morgan fingerprint density at radius 2 is 2.12 bits per heavy atom. The van der Waals surface area contributed by atoms with Gasteiger partial charge in [-0.15, -0.1) is 0 Å². The SMILES string of the molecule is Cc1cn(Cc2cc(F)ccc2F)nc1N. The molecule has 3 nitrogen and oxygen atoms in total. The third-order valence-corrected chi connectivity index (χ3v) is 2.32. The average molecular weight is 223 g/mol. The lowest BCUT2D eigenvalue weighted by molar-refractivity contribution is 0.567. The number of halogens is 2. The van der Waals surface area contributed by atoms with Gasteiger partial charge in [-0.1, -0.05) is 0 Å². The Morgan fingerprint density at radius 1 is 1.38 bits per heavy atom. The number of hydrogen-bond acceptors (Lipinski definition) is 2. The summed E-state index contributed by atoms with van der Waals surface area (Å²) in [6, 6.07) is 3.34. The zero-order chi connectivity index (χ0) is 11.7. The van der Waals surface area contributed by atoms with Crippen LogP contribution < -0.4 is 5.73 Å². The largest absolute Gasteiger partial charge is 0.382 e. The molecular formula is C11H11F2N3. The van der Waals surface area contributed by atoms with Gasteiger partial charge in [-0.2, -0.15) is 5.10 Å². The molecule has 0 fully saturated rings. The molecule has 0 saturated heterocycles. The quantitative estimate of drug-likeness (QED) is 0.847. The Bertz CT molecular complexity index is 500. The molecule has 0 amide bonds. The fourth-order valence-electron chi connectivity index (χ4n) is 1.46. The van der Waals surface area contributed by atoms with Crippen LogP contribution in [0, 0.1) is 18.6 Å². The van der Waals surface area contributed by atoms with Gasteiger partial charge >= 0.3 is 0 Å². The maximum Gasteiger partial charge on any atom is 0.148 e. The molecule has 0 aliphatic carbocycles. The van der Waals surface area contributed by atoms with E-state index < -0.39 is 11.6 Å². The molecule has 0 saturated carbocycles. The van der Waals surface area contributed by atoms with Crippen molar-refractivity contribution in [2.24, 2.45) is 0 Å². The molecule has 1 aromatic carbocycles. The highest BCUT2D eigenvalue weighted by Gasteiger charge is 2.06. The van der Waals surface area contributed by atoms with Gasteiger partial charge in [0.25, 0.3) is 0 Å². The highest BCUT2D eigenvalue weighted by atomic mass is 19.1. The molecule has 0 unspecified atom stereocenters. The number of nitrogens with two attached hydrogens (primary N) is 1. The Balaban J connectivity index is 2.29. The van der Waals surface area contributed by atoms with Crippen molar-refractivity contribution >= 4 is 5.82 Å². The van der Waals surface area contributed by atoms with Crippen LogP contribution in [0.1, 0.15) is 11.1 Å². The molecular weight excluding hydrogens is 212 g/mol. The van der Waals surface area contributed by atoms with E-state index in [1.165, 1.54) is 4.68 Å². The molecule has 0 bridgehead atoms. The predicted octanol–water partition coefficient (Wildman–Crippen LogP) is 2.10. The summed E-state index contributed by atoms with van der Waals surface area (Å²) in [6.07, 6.45) is 1.69. The van der Waals surface area contributed by atoms with Crippen LogP contribution in [0.4, 0.5) is 14.6 Å². The van der Waals surface area contributed by atoms with Crippen LogP contribution in [0.2, 0.25) is 0 Å². The number of nitrogen functional groups attached to an aromatic ring is 1. The van der Waals surface area contributed by atoms with Gasteiger partial charge in [0, 0.05) is 17.3 Å². The van der Waals surface area contributed by atoms with E-state index in [2.05, 4.69) is 5.10 Å². The van der Waals surface area contributed by atoms with Crippen LogP contribution in [0.15, 0.2) is 24.4 Å². The number of aromatic nitrogens is 2. The summed E-state index contributed by atoms with van der Waals surface area (Å²) in [5.41, 5.74) is 6.63. The van der Waals surface area contributed by atoms with Crippen molar-refractivity contribution in [2.75, 3.05) is 5.73 Å². The van der Waals surface area contributed by atoms with Crippen molar-refractivity contribution in [3.63, 3.8) is 0 Å². The van der Waals surface area contributed by atoms with Crippen LogP contribution >= 0.6 is 0 Å². The maximum atomic E-state index is 13.3. The first kappa shape index (κ1) is 10.6. The number of rotatable bonds is 2. The summed E-state index contributed by atoms with van der Waals surface area (Å²) in [6.45, 7) is 1.97. The monoisotopic (exact) mass is 223 g/mol. The van der Waals surface area contributed by atoms with Gasteiger partial charge in [0.15, 0.2) is 0 Å². The molecule has 0 aliphatic heterocycles. The zero-order valence-corrected chi connectivity index (χ0v) is 8.74. The normalized spacial score (nSPS) is 10.7. The highest BCUT2D eigenvalue weighted by molar-refractivity contribution is 5.36. The Kier molecular flexibility index (Phi) is 2.60. The van der Waals surface area contributed by atoms with Gasteiger partial charge < -0.3 is 5.73 Å². The van der Waals surface area contributed by atoms with Gasteiger partial charge in [-0.05, 0) is 25.1 Å². The Labute approximate surface area is 91.5 Å². The van der Waals surface area contributed by atoms with Gasteiger partial charge in [-0.3, -0.25) is 4.68 Å². The van der Waals surface area contributed by atoms with Crippen molar-refractivity contribution in [3.05, 3.63) is 47.2 Å². The second-order valence-corrected chi connectivity index (χ2v) is 3.63. The number of benzene rings is 1. The predicted molar refractivity (Wildman–Crippen MR) is 56.8 cm³/mol. The van der Waals surface area contributed by atoms with Crippen molar-refractivity contribution in [1.82, 2.24) is 9.78 Å². The number of anilines is 1. The van der Waals surface area contributed by atoms with Crippen molar-refractivity contribution in [2.45, 2.75) is 13.5 Å². The minimum absolute atomic E-state index is 0.168. The standard InChI is InChI=1S/C11H11F2N3/c1-7-5-16(15-11(7)14)6-8-4-9(12)2-3-10(8)13/h2-5H,6H2,1H3,(H2,14,15). The van der Waals surface area contributed by atoms with Crippen molar-refractivity contribution in [3.8, 4) is 0 Å². The first-order chi connectivity index (χ1) is 7.56. The smallest absolute Gasteiger partial charge is 0.148 e. The first-order valence-corrected chi connectivity index (χ1v) is 4.79. The highest BCUT2D eigenvalue weighted by Crippen LogP contribution is 2.13. The van der Waals surface area contributed by atoms with E-state index in [9.17, 15) is 8.78 Å². The van der Waals surface area contributed by atoms with Crippen molar-refractivity contribution in [1.29, 1.82) is 0 Å². The summed E-state index contributed by atoms with van der Waals surface area (Å²) < 4.78 is 27.7. The maximum absolute atomic E-state index is 13.3. The third kappa shape index (κ3) is 2.03. The summed E-state index contributed by atoms with van der Waals surface area (Å²) in [5.74, 6) is -0.516. The molecule has 2 aromatic rings. The Morgan fingerprint density at radius 3 is 2.75 bits per heavy atom. The summed E-state index contributed by atoms with van der Waals surface area (Å²) in [5, 5.41) is 3.98. The number of hydrogen-bond donors (Lipinski definition) is 1. The fourth-order valence-corrected chi connectivity index (χ4v) is 1.46. The molecule has 16 heavy (non-hydrogen) atoms. The van der Waals surface area contributed by atoms with Gasteiger partial charge in [0.2, 0.25) is 0 Å². The average Bonchev–Trinajstić information content (AvgIpc) is 2.52. The van der Waals surface area contributed by atoms with Gasteiger partial charge in [0.05, 0.1) is 6.54 Å². The number of nitrogens with zero attached hydrogens (tertiary/aromatic N) is 2. The van der Waals surface area contributed by atoms with Gasteiger partial charge in [0.1, 0.15) is 17.5 Å². The number of aryl methyl sites for hydroxylation is 1. The molecule has 2 rings (SSSR count).